The van der Waals surface area contributed by atoms with Gasteiger partial charge in [0.1, 0.15) is 0 Å². The van der Waals surface area contributed by atoms with Gasteiger partial charge in [0.25, 0.3) is 0 Å². The first-order valence-electron chi connectivity index (χ1n) is 6.93. The van der Waals surface area contributed by atoms with E-state index in [1.165, 1.54) is 24.2 Å². The van der Waals surface area contributed by atoms with Crippen LogP contribution in [0.5, 0.6) is 0 Å². The van der Waals surface area contributed by atoms with E-state index in [0.717, 1.165) is 25.2 Å². The SMILES string of the molecule is CCC1CN(C)CCCN1c1c(C)cccc1N. The third kappa shape index (κ3) is 2.61. The van der Waals surface area contributed by atoms with Gasteiger partial charge in [-0.3, -0.25) is 0 Å². The summed E-state index contributed by atoms with van der Waals surface area (Å²) in [4.78, 5) is 4.96. The Balaban J connectivity index is 2.34. The number of aryl methyl sites for hydroxylation is 1. The van der Waals surface area contributed by atoms with Gasteiger partial charge < -0.3 is 15.5 Å². The molecule has 0 aromatic heterocycles. The minimum Gasteiger partial charge on any atom is -0.397 e. The number of para-hydroxylation sites is 1. The molecule has 1 saturated heterocycles. The van der Waals surface area contributed by atoms with Gasteiger partial charge >= 0.3 is 0 Å². The first-order chi connectivity index (χ1) is 8.63. The number of anilines is 2. The maximum atomic E-state index is 6.20. The fraction of sp³-hybridized carbons (Fsp3) is 0.600. The summed E-state index contributed by atoms with van der Waals surface area (Å²) in [6, 6.07) is 6.79. The summed E-state index contributed by atoms with van der Waals surface area (Å²) >= 11 is 0. The Bertz CT molecular complexity index is 382. The summed E-state index contributed by atoms with van der Waals surface area (Å²) < 4.78 is 0. The fourth-order valence-corrected chi connectivity index (χ4v) is 2.96. The summed E-state index contributed by atoms with van der Waals surface area (Å²) in [6.07, 6.45) is 2.37. The number of nitrogen functional groups attached to an aromatic ring is 1. The smallest absolute Gasteiger partial charge is 0.0632 e. The standard InChI is InChI=1S/C15H25N3/c1-4-13-11-17(3)9-6-10-18(13)15-12(2)7-5-8-14(15)16/h5,7-8,13H,4,6,9-11,16H2,1-3H3. The second-order valence-electron chi connectivity index (χ2n) is 5.38. The van der Waals surface area contributed by atoms with Crippen LogP contribution < -0.4 is 10.6 Å². The maximum absolute atomic E-state index is 6.20. The van der Waals surface area contributed by atoms with Crippen molar-refractivity contribution in [3.63, 3.8) is 0 Å². The third-order valence-corrected chi connectivity index (χ3v) is 3.93. The van der Waals surface area contributed by atoms with Crippen molar-refractivity contribution in [1.82, 2.24) is 4.90 Å². The van der Waals surface area contributed by atoms with Crippen LogP contribution in [-0.2, 0) is 0 Å². The topological polar surface area (TPSA) is 32.5 Å². The van der Waals surface area contributed by atoms with Crippen LogP contribution in [0.15, 0.2) is 18.2 Å². The van der Waals surface area contributed by atoms with Crippen molar-refractivity contribution in [2.75, 3.05) is 37.3 Å². The molecular formula is C15H25N3. The van der Waals surface area contributed by atoms with Crippen LogP contribution in [-0.4, -0.2) is 37.6 Å². The number of nitrogens with zero attached hydrogens (tertiary/aromatic N) is 2. The van der Waals surface area contributed by atoms with Crippen LogP contribution in [0.25, 0.3) is 0 Å². The molecule has 18 heavy (non-hydrogen) atoms. The Kier molecular flexibility index (Phi) is 4.12. The molecular weight excluding hydrogens is 222 g/mol. The van der Waals surface area contributed by atoms with E-state index >= 15 is 0 Å². The zero-order chi connectivity index (χ0) is 13.1. The fourth-order valence-electron chi connectivity index (χ4n) is 2.96. The molecule has 0 saturated carbocycles. The van der Waals surface area contributed by atoms with E-state index in [9.17, 15) is 0 Å². The number of hydrogen-bond acceptors (Lipinski definition) is 3. The highest BCUT2D eigenvalue weighted by Gasteiger charge is 2.24. The van der Waals surface area contributed by atoms with E-state index in [2.05, 4.69) is 36.8 Å². The third-order valence-electron chi connectivity index (χ3n) is 3.93. The van der Waals surface area contributed by atoms with Crippen molar-refractivity contribution >= 4 is 11.4 Å². The van der Waals surface area contributed by atoms with Crippen LogP contribution in [0.2, 0.25) is 0 Å². The van der Waals surface area contributed by atoms with Crippen molar-refractivity contribution in [2.45, 2.75) is 32.7 Å². The van der Waals surface area contributed by atoms with E-state index in [4.69, 9.17) is 5.73 Å². The highest BCUT2D eigenvalue weighted by atomic mass is 15.2. The van der Waals surface area contributed by atoms with E-state index in [-0.39, 0.29) is 0 Å². The molecule has 1 heterocycles. The monoisotopic (exact) mass is 247 g/mol. The molecule has 0 radical (unpaired) electrons. The maximum Gasteiger partial charge on any atom is 0.0632 e. The van der Waals surface area contributed by atoms with Gasteiger partial charge in [-0.1, -0.05) is 19.1 Å². The Morgan fingerprint density at radius 1 is 1.33 bits per heavy atom. The van der Waals surface area contributed by atoms with E-state index < -0.39 is 0 Å². The van der Waals surface area contributed by atoms with Crippen LogP contribution >= 0.6 is 0 Å². The molecule has 3 heteroatoms. The molecule has 1 aliphatic rings. The molecule has 0 bridgehead atoms. The van der Waals surface area contributed by atoms with E-state index in [0.29, 0.717) is 6.04 Å². The minimum atomic E-state index is 0.570. The molecule has 100 valence electrons. The number of rotatable bonds is 2. The Labute approximate surface area is 111 Å². The minimum absolute atomic E-state index is 0.570. The molecule has 2 rings (SSSR count). The van der Waals surface area contributed by atoms with Crippen molar-refractivity contribution in [3.05, 3.63) is 23.8 Å². The van der Waals surface area contributed by atoms with Crippen LogP contribution in [0, 0.1) is 6.92 Å². The number of hydrogen-bond donors (Lipinski definition) is 1. The summed E-state index contributed by atoms with van der Waals surface area (Å²) in [5.74, 6) is 0. The van der Waals surface area contributed by atoms with Crippen LogP contribution in [0.3, 0.4) is 0 Å². The van der Waals surface area contributed by atoms with Gasteiger partial charge in [-0.05, 0) is 45.0 Å². The quantitative estimate of drug-likeness (QED) is 0.815. The summed E-state index contributed by atoms with van der Waals surface area (Å²) in [5.41, 5.74) is 9.65. The molecule has 1 unspecified atom stereocenters. The number of likely N-dealkylation sites (N-methyl/N-ethyl adjacent to an activating group) is 1. The lowest BCUT2D eigenvalue weighted by molar-refractivity contribution is 0.328. The van der Waals surface area contributed by atoms with Gasteiger partial charge in [0.2, 0.25) is 0 Å². The Morgan fingerprint density at radius 2 is 2.11 bits per heavy atom. The average Bonchev–Trinajstić information content (AvgIpc) is 2.51. The van der Waals surface area contributed by atoms with Crippen molar-refractivity contribution in [3.8, 4) is 0 Å². The number of nitrogens with two attached hydrogens (primary N) is 1. The zero-order valence-electron chi connectivity index (χ0n) is 11.8. The zero-order valence-corrected chi connectivity index (χ0v) is 11.8. The molecule has 0 aliphatic carbocycles. The van der Waals surface area contributed by atoms with Gasteiger partial charge in [0, 0.05) is 19.1 Å². The van der Waals surface area contributed by atoms with Gasteiger partial charge in [0.05, 0.1) is 11.4 Å². The first kappa shape index (κ1) is 13.2. The predicted octanol–water partition coefficient (Wildman–Crippen LogP) is 2.50. The summed E-state index contributed by atoms with van der Waals surface area (Å²) in [6.45, 7) is 7.85. The second kappa shape index (κ2) is 5.61. The van der Waals surface area contributed by atoms with Gasteiger partial charge in [0.15, 0.2) is 0 Å². The van der Waals surface area contributed by atoms with Crippen LogP contribution in [0.4, 0.5) is 11.4 Å². The molecule has 1 aromatic rings. The summed E-state index contributed by atoms with van der Waals surface area (Å²) in [5, 5.41) is 0. The van der Waals surface area contributed by atoms with Gasteiger partial charge in [-0.15, -0.1) is 0 Å². The van der Waals surface area contributed by atoms with Gasteiger partial charge in [-0.2, -0.15) is 0 Å². The highest BCUT2D eigenvalue weighted by Crippen LogP contribution is 2.31. The van der Waals surface area contributed by atoms with Crippen molar-refractivity contribution < 1.29 is 0 Å². The molecule has 3 nitrogen and oxygen atoms in total. The lowest BCUT2D eigenvalue weighted by Crippen LogP contribution is -2.40. The summed E-state index contributed by atoms with van der Waals surface area (Å²) in [7, 11) is 2.22. The van der Waals surface area contributed by atoms with E-state index in [1.54, 1.807) is 0 Å². The molecule has 1 fully saturated rings. The molecule has 2 N–H and O–H groups in total. The highest BCUT2D eigenvalue weighted by molar-refractivity contribution is 5.71. The average molecular weight is 247 g/mol. The Morgan fingerprint density at radius 3 is 2.78 bits per heavy atom. The molecule has 0 spiro atoms. The lowest BCUT2D eigenvalue weighted by atomic mass is 10.1. The predicted molar refractivity (Wildman–Crippen MR) is 79.1 cm³/mol. The normalized spacial score (nSPS) is 21.9. The van der Waals surface area contributed by atoms with Crippen molar-refractivity contribution in [1.29, 1.82) is 0 Å². The lowest BCUT2D eigenvalue weighted by Gasteiger charge is -2.34. The largest absolute Gasteiger partial charge is 0.397 e. The Hall–Kier alpha value is -1.22. The molecule has 1 aliphatic heterocycles. The second-order valence-corrected chi connectivity index (χ2v) is 5.38. The molecule has 0 amide bonds. The first-order valence-corrected chi connectivity index (χ1v) is 6.93. The number of benzene rings is 1. The van der Waals surface area contributed by atoms with Crippen molar-refractivity contribution in [2.24, 2.45) is 0 Å². The van der Waals surface area contributed by atoms with Crippen LogP contribution in [0.1, 0.15) is 25.3 Å². The molecule has 1 aromatic carbocycles. The van der Waals surface area contributed by atoms with Gasteiger partial charge in [-0.25, -0.2) is 0 Å². The molecule has 1 atom stereocenters. The van der Waals surface area contributed by atoms with E-state index in [1.807, 2.05) is 12.1 Å².